The molecule has 0 heterocycles. The highest BCUT2D eigenvalue weighted by molar-refractivity contribution is 6.03. The minimum Gasteiger partial charge on any atom is -0.349 e. The summed E-state index contributed by atoms with van der Waals surface area (Å²) in [5, 5.41) is 5.55. The molecule has 4 nitrogen and oxygen atoms in total. The van der Waals surface area contributed by atoms with E-state index in [0.717, 1.165) is 12.8 Å². The predicted molar refractivity (Wildman–Crippen MR) is 84.1 cm³/mol. The maximum Gasteiger partial charge on any atom is 0.253 e. The Balaban J connectivity index is 2.01. The molecule has 21 heavy (non-hydrogen) atoms. The Labute approximate surface area is 124 Å². The van der Waals surface area contributed by atoms with Gasteiger partial charge in [-0.15, -0.1) is 6.58 Å². The Kier molecular flexibility index (Phi) is 5.32. The molecule has 0 fully saturated rings. The van der Waals surface area contributed by atoms with Crippen molar-refractivity contribution in [2.75, 3.05) is 11.9 Å². The number of hydrogen-bond donors (Lipinski definition) is 2. The summed E-state index contributed by atoms with van der Waals surface area (Å²) in [6.45, 7) is 3.96. The van der Waals surface area contributed by atoms with Crippen molar-refractivity contribution in [3.8, 4) is 0 Å². The van der Waals surface area contributed by atoms with E-state index in [4.69, 9.17) is 0 Å². The lowest BCUT2D eigenvalue weighted by Gasteiger charge is -2.12. The fourth-order valence-corrected chi connectivity index (χ4v) is 2.35. The van der Waals surface area contributed by atoms with Gasteiger partial charge in [-0.05, 0) is 30.9 Å². The van der Waals surface area contributed by atoms with Gasteiger partial charge in [0.25, 0.3) is 5.91 Å². The highest BCUT2D eigenvalue weighted by atomic mass is 16.2. The van der Waals surface area contributed by atoms with Gasteiger partial charge in [0.1, 0.15) is 0 Å². The monoisotopic (exact) mass is 284 g/mol. The normalized spacial score (nSPS) is 16.5. The summed E-state index contributed by atoms with van der Waals surface area (Å²) >= 11 is 0. The molecule has 1 aromatic rings. The predicted octanol–water partition coefficient (Wildman–Crippen LogP) is 2.90. The summed E-state index contributed by atoms with van der Waals surface area (Å²) in [5.41, 5.74) is 1.01. The molecular formula is C17H20N2O2. The third kappa shape index (κ3) is 4.31. The van der Waals surface area contributed by atoms with Crippen LogP contribution in [0.3, 0.4) is 0 Å². The van der Waals surface area contributed by atoms with Crippen LogP contribution in [0.5, 0.6) is 0 Å². The van der Waals surface area contributed by atoms with Crippen molar-refractivity contribution in [3.63, 3.8) is 0 Å². The SMILES string of the molecule is C=CCNC(=O)c1ccccc1NC(=O)CC1C=CCC1. The number of carbonyl (C=O) groups excluding carboxylic acids is 2. The Hall–Kier alpha value is -2.36. The van der Waals surface area contributed by atoms with Crippen LogP contribution in [-0.2, 0) is 4.79 Å². The smallest absolute Gasteiger partial charge is 0.253 e. The molecule has 2 amide bonds. The van der Waals surface area contributed by atoms with Crippen molar-refractivity contribution in [2.45, 2.75) is 19.3 Å². The number of hydrogen-bond acceptors (Lipinski definition) is 2. The number of carbonyl (C=O) groups is 2. The summed E-state index contributed by atoms with van der Waals surface area (Å²) < 4.78 is 0. The average Bonchev–Trinajstić information content (AvgIpc) is 2.98. The number of anilines is 1. The lowest BCUT2D eigenvalue weighted by Crippen LogP contribution is -2.25. The number of amides is 2. The van der Waals surface area contributed by atoms with Crippen LogP contribution < -0.4 is 10.6 Å². The standard InChI is InChI=1S/C17H20N2O2/c1-2-11-18-17(21)14-9-5-6-10-15(14)19-16(20)12-13-7-3-4-8-13/h2-3,5-7,9-10,13H,1,4,8,11-12H2,(H,18,21)(H,19,20). The molecule has 0 aromatic heterocycles. The van der Waals surface area contributed by atoms with Gasteiger partial charge in [-0.1, -0.05) is 30.4 Å². The Morgan fingerprint density at radius 2 is 2.14 bits per heavy atom. The van der Waals surface area contributed by atoms with E-state index in [1.165, 1.54) is 0 Å². The second-order valence-corrected chi connectivity index (χ2v) is 5.06. The second-order valence-electron chi connectivity index (χ2n) is 5.06. The number of allylic oxidation sites excluding steroid dienone is 2. The van der Waals surface area contributed by atoms with Gasteiger partial charge in [-0.3, -0.25) is 9.59 Å². The summed E-state index contributed by atoms with van der Waals surface area (Å²) in [6.07, 6.45) is 8.33. The van der Waals surface area contributed by atoms with Crippen LogP contribution in [0.15, 0.2) is 49.1 Å². The van der Waals surface area contributed by atoms with Gasteiger partial charge in [-0.25, -0.2) is 0 Å². The Morgan fingerprint density at radius 1 is 1.33 bits per heavy atom. The Morgan fingerprint density at radius 3 is 2.86 bits per heavy atom. The molecule has 0 bridgehead atoms. The van der Waals surface area contributed by atoms with Crippen LogP contribution in [0.25, 0.3) is 0 Å². The van der Waals surface area contributed by atoms with E-state index in [9.17, 15) is 9.59 Å². The third-order valence-electron chi connectivity index (χ3n) is 3.41. The van der Waals surface area contributed by atoms with Crippen molar-refractivity contribution < 1.29 is 9.59 Å². The lowest BCUT2D eigenvalue weighted by atomic mass is 10.0. The summed E-state index contributed by atoms with van der Waals surface area (Å²) in [4.78, 5) is 24.1. The van der Waals surface area contributed by atoms with Crippen molar-refractivity contribution in [1.29, 1.82) is 0 Å². The summed E-state index contributed by atoms with van der Waals surface area (Å²) in [6, 6.07) is 7.02. The molecule has 1 aromatic carbocycles. The maximum absolute atomic E-state index is 12.1. The molecule has 110 valence electrons. The first-order chi connectivity index (χ1) is 10.2. The van der Waals surface area contributed by atoms with Crippen molar-refractivity contribution >= 4 is 17.5 Å². The molecule has 1 aliphatic carbocycles. The molecule has 2 rings (SSSR count). The zero-order valence-corrected chi connectivity index (χ0v) is 12.0. The number of para-hydroxylation sites is 1. The van der Waals surface area contributed by atoms with Crippen LogP contribution in [0.2, 0.25) is 0 Å². The summed E-state index contributed by atoms with van der Waals surface area (Å²) in [7, 11) is 0. The molecule has 0 radical (unpaired) electrons. The molecule has 0 spiro atoms. The molecule has 2 N–H and O–H groups in total. The third-order valence-corrected chi connectivity index (χ3v) is 3.41. The quantitative estimate of drug-likeness (QED) is 0.789. The molecule has 0 saturated heterocycles. The first kappa shape index (κ1) is 15.0. The van der Waals surface area contributed by atoms with Crippen LogP contribution in [0, 0.1) is 5.92 Å². The van der Waals surface area contributed by atoms with Gasteiger partial charge >= 0.3 is 0 Å². The molecule has 1 unspecified atom stereocenters. The van der Waals surface area contributed by atoms with E-state index < -0.39 is 0 Å². The van der Waals surface area contributed by atoms with Crippen LogP contribution >= 0.6 is 0 Å². The average molecular weight is 284 g/mol. The van der Waals surface area contributed by atoms with E-state index in [1.807, 2.05) is 0 Å². The highest BCUT2D eigenvalue weighted by Crippen LogP contribution is 2.22. The molecule has 0 saturated carbocycles. The molecule has 1 atom stereocenters. The fourth-order valence-electron chi connectivity index (χ4n) is 2.35. The highest BCUT2D eigenvalue weighted by Gasteiger charge is 2.16. The second kappa shape index (κ2) is 7.43. The largest absolute Gasteiger partial charge is 0.349 e. The van der Waals surface area contributed by atoms with Crippen molar-refractivity contribution in [1.82, 2.24) is 5.32 Å². The number of benzene rings is 1. The van der Waals surface area contributed by atoms with Gasteiger partial charge in [-0.2, -0.15) is 0 Å². The van der Waals surface area contributed by atoms with E-state index in [1.54, 1.807) is 30.3 Å². The van der Waals surface area contributed by atoms with E-state index in [-0.39, 0.29) is 11.8 Å². The first-order valence-electron chi connectivity index (χ1n) is 7.15. The van der Waals surface area contributed by atoms with E-state index in [0.29, 0.717) is 30.1 Å². The van der Waals surface area contributed by atoms with Crippen LogP contribution in [0.1, 0.15) is 29.6 Å². The maximum atomic E-state index is 12.1. The number of rotatable bonds is 6. The van der Waals surface area contributed by atoms with Crippen molar-refractivity contribution in [2.24, 2.45) is 5.92 Å². The molecule has 0 aliphatic heterocycles. The minimum absolute atomic E-state index is 0.0597. The summed E-state index contributed by atoms with van der Waals surface area (Å²) in [5.74, 6) is 0.0360. The zero-order valence-electron chi connectivity index (χ0n) is 12.0. The molecule has 1 aliphatic rings. The lowest BCUT2D eigenvalue weighted by molar-refractivity contribution is -0.116. The van der Waals surface area contributed by atoms with Crippen LogP contribution in [0.4, 0.5) is 5.69 Å². The van der Waals surface area contributed by atoms with Gasteiger partial charge in [0.05, 0.1) is 11.3 Å². The topological polar surface area (TPSA) is 58.2 Å². The van der Waals surface area contributed by atoms with Gasteiger partial charge in [0.15, 0.2) is 0 Å². The minimum atomic E-state index is -0.216. The zero-order chi connectivity index (χ0) is 15.1. The van der Waals surface area contributed by atoms with E-state index >= 15 is 0 Å². The fraction of sp³-hybridized carbons (Fsp3) is 0.294. The van der Waals surface area contributed by atoms with Gasteiger partial charge < -0.3 is 10.6 Å². The van der Waals surface area contributed by atoms with Crippen LogP contribution in [-0.4, -0.2) is 18.4 Å². The van der Waals surface area contributed by atoms with Gasteiger partial charge in [0.2, 0.25) is 5.91 Å². The van der Waals surface area contributed by atoms with Crippen molar-refractivity contribution in [3.05, 3.63) is 54.6 Å². The first-order valence-corrected chi connectivity index (χ1v) is 7.15. The van der Waals surface area contributed by atoms with E-state index in [2.05, 4.69) is 29.4 Å². The molecular weight excluding hydrogens is 264 g/mol. The number of nitrogens with one attached hydrogen (secondary N) is 2. The molecule has 4 heteroatoms. The van der Waals surface area contributed by atoms with Gasteiger partial charge in [0, 0.05) is 13.0 Å². The Bertz CT molecular complexity index is 564.